The highest BCUT2D eigenvalue weighted by atomic mass is 16.6. The average molecular weight is 438 g/mol. The summed E-state index contributed by atoms with van der Waals surface area (Å²) in [5, 5.41) is 13.8. The number of oxazole rings is 1. The lowest BCUT2D eigenvalue weighted by Crippen LogP contribution is -2.32. The Bertz CT molecular complexity index is 1170. The lowest BCUT2D eigenvalue weighted by molar-refractivity contribution is -0.384. The molecule has 1 N–H and O–H groups in total. The summed E-state index contributed by atoms with van der Waals surface area (Å²) in [6, 6.07) is 11.9. The molecule has 0 saturated carbocycles. The summed E-state index contributed by atoms with van der Waals surface area (Å²) in [6.07, 6.45) is 3.06. The van der Waals surface area contributed by atoms with Crippen molar-refractivity contribution in [2.24, 2.45) is 5.92 Å². The number of nitro benzene ring substituents is 1. The van der Waals surface area contributed by atoms with Crippen molar-refractivity contribution in [3.63, 3.8) is 0 Å². The second-order valence-electron chi connectivity index (χ2n) is 8.30. The summed E-state index contributed by atoms with van der Waals surface area (Å²) in [7, 11) is 0. The van der Waals surface area contributed by atoms with Crippen molar-refractivity contribution < 1.29 is 14.1 Å². The number of amides is 1. The number of anilines is 2. The molecule has 2 aromatic carbocycles. The molecule has 1 fully saturated rings. The molecule has 0 aliphatic carbocycles. The maximum absolute atomic E-state index is 12.3. The number of aryl methyl sites for hydroxylation is 1. The highest BCUT2D eigenvalue weighted by Crippen LogP contribution is 2.24. The number of hydrogen-bond acceptors (Lipinski definition) is 6. The molecule has 4 rings (SSSR count). The number of benzene rings is 2. The number of fused-ring (bicyclic) bond motifs is 1. The van der Waals surface area contributed by atoms with Crippen molar-refractivity contribution in [2.75, 3.05) is 23.3 Å². The van der Waals surface area contributed by atoms with Gasteiger partial charge in [0.25, 0.3) is 5.69 Å². The molecule has 0 radical (unpaired) electrons. The molecule has 168 valence electrons. The van der Waals surface area contributed by atoms with Gasteiger partial charge in [-0.15, -0.1) is 0 Å². The van der Waals surface area contributed by atoms with E-state index in [1.165, 1.54) is 41.3 Å². The first-order valence-corrected chi connectivity index (χ1v) is 10.8. The fourth-order valence-electron chi connectivity index (χ4n) is 4.02. The smallest absolute Gasteiger partial charge is 0.407 e. The van der Waals surface area contributed by atoms with Crippen LogP contribution < -0.4 is 16.0 Å². The molecule has 2 heterocycles. The minimum Gasteiger partial charge on any atom is -0.407 e. The van der Waals surface area contributed by atoms with E-state index >= 15 is 0 Å². The van der Waals surface area contributed by atoms with E-state index in [1.54, 1.807) is 0 Å². The van der Waals surface area contributed by atoms with Gasteiger partial charge in [-0.05, 0) is 55.5 Å². The molecule has 0 atom stereocenters. The largest absolute Gasteiger partial charge is 0.419 e. The van der Waals surface area contributed by atoms with Gasteiger partial charge in [0.05, 0.1) is 16.5 Å². The predicted molar refractivity (Wildman–Crippen MR) is 122 cm³/mol. The summed E-state index contributed by atoms with van der Waals surface area (Å²) in [4.78, 5) is 37.1. The molecule has 1 amide bonds. The normalized spacial score (nSPS) is 14.6. The zero-order chi connectivity index (χ0) is 22.7. The fourth-order valence-corrected chi connectivity index (χ4v) is 4.02. The third kappa shape index (κ3) is 4.82. The molecular formula is C23H26N4O5. The molecule has 1 saturated heterocycles. The molecular weight excluding hydrogens is 412 g/mol. The minimum absolute atomic E-state index is 0.138. The lowest BCUT2D eigenvalue weighted by atomic mass is 9.99. The molecule has 9 nitrogen and oxygen atoms in total. The first-order valence-electron chi connectivity index (χ1n) is 10.8. The minimum atomic E-state index is -0.594. The number of nitrogens with one attached hydrogen (secondary N) is 1. The van der Waals surface area contributed by atoms with Gasteiger partial charge in [0.1, 0.15) is 0 Å². The SMILES string of the molecule is CC1CCN(c2ccc(NC(=O)CCCn3c(=O)oc4cc([N+](=O)[O-])ccc43)cc2)CC1. The summed E-state index contributed by atoms with van der Waals surface area (Å²) >= 11 is 0. The molecule has 1 aliphatic heterocycles. The van der Waals surface area contributed by atoms with Gasteiger partial charge in [-0.2, -0.15) is 0 Å². The highest BCUT2D eigenvalue weighted by Gasteiger charge is 2.16. The Morgan fingerprint density at radius 1 is 1.19 bits per heavy atom. The Balaban J connectivity index is 1.30. The van der Waals surface area contributed by atoms with Crippen LogP contribution in [-0.2, 0) is 11.3 Å². The zero-order valence-corrected chi connectivity index (χ0v) is 18.0. The highest BCUT2D eigenvalue weighted by molar-refractivity contribution is 5.90. The number of hydrogen-bond donors (Lipinski definition) is 1. The molecule has 1 aliphatic rings. The van der Waals surface area contributed by atoms with E-state index in [1.807, 2.05) is 24.3 Å². The number of rotatable bonds is 7. The van der Waals surface area contributed by atoms with E-state index in [4.69, 9.17) is 4.42 Å². The third-order valence-corrected chi connectivity index (χ3v) is 5.95. The van der Waals surface area contributed by atoms with Gasteiger partial charge >= 0.3 is 5.76 Å². The monoisotopic (exact) mass is 438 g/mol. The van der Waals surface area contributed by atoms with E-state index in [2.05, 4.69) is 17.1 Å². The lowest BCUT2D eigenvalue weighted by Gasteiger charge is -2.32. The average Bonchev–Trinajstić information content (AvgIpc) is 3.09. The molecule has 0 unspecified atom stereocenters. The quantitative estimate of drug-likeness (QED) is 0.438. The fraction of sp³-hybridized carbons (Fsp3) is 0.391. The molecule has 0 bridgehead atoms. The summed E-state index contributed by atoms with van der Waals surface area (Å²) in [6.45, 7) is 4.68. The van der Waals surface area contributed by atoms with Gasteiger partial charge in [0.15, 0.2) is 5.58 Å². The summed E-state index contributed by atoms with van der Waals surface area (Å²) in [5.74, 6) is 0.0452. The van der Waals surface area contributed by atoms with Crippen LogP contribution in [0.25, 0.3) is 11.1 Å². The van der Waals surface area contributed by atoms with Crippen LogP contribution in [0.3, 0.4) is 0 Å². The van der Waals surface area contributed by atoms with Crippen molar-refractivity contribution >= 4 is 34.1 Å². The van der Waals surface area contributed by atoms with Crippen LogP contribution in [0.1, 0.15) is 32.6 Å². The van der Waals surface area contributed by atoms with E-state index < -0.39 is 10.7 Å². The second-order valence-corrected chi connectivity index (χ2v) is 8.30. The Hall–Kier alpha value is -3.62. The number of carbonyl (C=O) groups excluding carboxylic acids is 1. The van der Waals surface area contributed by atoms with Crippen molar-refractivity contribution in [1.82, 2.24) is 4.57 Å². The molecule has 1 aromatic heterocycles. The Kier molecular flexibility index (Phi) is 6.25. The maximum atomic E-state index is 12.3. The summed E-state index contributed by atoms with van der Waals surface area (Å²) in [5.41, 5.74) is 2.41. The Morgan fingerprint density at radius 2 is 1.91 bits per heavy atom. The maximum Gasteiger partial charge on any atom is 0.419 e. The van der Waals surface area contributed by atoms with E-state index in [-0.39, 0.29) is 30.1 Å². The standard InChI is InChI=1S/C23H26N4O5/c1-16-10-13-25(14-11-16)18-6-4-17(5-7-18)24-22(28)3-2-12-26-20-9-8-19(27(30)31)15-21(20)32-23(26)29/h4-9,15-16H,2-3,10-14H2,1H3,(H,24,28). The number of non-ortho nitro benzene ring substituents is 1. The van der Waals surface area contributed by atoms with Crippen LogP contribution >= 0.6 is 0 Å². The number of piperidine rings is 1. The summed E-state index contributed by atoms with van der Waals surface area (Å²) < 4.78 is 6.50. The Morgan fingerprint density at radius 3 is 2.59 bits per heavy atom. The van der Waals surface area contributed by atoms with Crippen LogP contribution in [-0.4, -0.2) is 28.5 Å². The second kappa shape index (κ2) is 9.25. The van der Waals surface area contributed by atoms with Gasteiger partial charge in [-0.1, -0.05) is 6.92 Å². The zero-order valence-electron chi connectivity index (χ0n) is 18.0. The third-order valence-electron chi connectivity index (χ3n) is 5.95. The molecule has 3 aromatic rings. The van der Waals surface area contributed by atoms with Gasteiger partial charge in [0, 0.05) is 43.5 Å². The van der Waals surface area contributed by atoms with Gasteiger partial charge in [-0.3, -0.25) is 19.5 Å². The van der Waals surface area contributed by atoms with Crippen molar-refractivity contribution in [1.29, 1.82) is 0 Å². The number of nitrogens with zero attached hydrogens (tertiary/aromatic N) is 3. The van der Waals surface area contributed by atoms with Crippen molar-refractivity contribution in [3.05, 3.63) is 63.1 Å². The number of aromatic nitrogens is 1. The van der Waals surface area contributed by atoms with Crippen LogP contribution in [0.2, 0.25) is 0 Å². The first kappa shape index (κ1) is 21.6. The van der Waals surface area contributed by atoms with Crippen LogP contribution in [0.5, 0.6) is 0 Å². The first-order chi connectivity index (χ1) is 15.4. The van der Waals surface area contributed by atoms with E-state index in [0.29, 0.717) is 11.9 Å². The van der Waals surface area contributed by atoms with Crippen molar-refractivity contribution in [3.8, 4) is 0 Å². The van der Waals surface area contributed by atoms with Crippen molar-refractivity contribution in [2.45, 2.75) is 39.2 Å². The number of carbonyl (C=O) groups is 1. The molecule has 32 heavy (non-hydrogen) atoms. The molecule has 0 spiro atoms. The van der Waals surface area contributed by atoms with Crippen LogP contribution in [0, 0.1) is 16.0 Å². The van der Waals surface area contributed by atoms with Gasteiger partial charge in [0.2, 0.25) is 5.91 Å². The predicted octanol–water partition coefficient (Wildman–Crippen LogP) is 4.16. The van der Waals surface area contributed by atoms with E-state index in [0.717, 1.165) is 24.7 Å². The van der Waals surface area contributed by atoms with E-state index in [9.17, 15) is 19.7 Å². The van der Waals surface area contributed by atoms with Gasteiger partial charge in [-0.25, -0.2) is 4.79 Å². The Labute approximate surface area is 184 Å². The number of nitro groups is 1. The van der Waals surface area contributed by atoms with Crippen LogP contribution in [0.4, 0.5) is 17.1 Å². The molecule has 9 heteroatoms. The topological polar surface area (TPSA) is 111 Å². The van der Waals surface area contributed by atoms with Crippen LogP contribution in [0.15, 0.2) is 51.7 Å². The van der Waals surface area contributed by atoms with Gasteiger partial charge < -0.3 is 14.6 Å².